The number of aromatic nitrogens is 2. The number of rotatable bonds is 7. The second-order valence-electron chi connectivity index (χ2n) is 8.95. The van der Waals surface area contributed by atoms with Gasteiger partial charge in [-0.25, -0.2) is 14.2 Å². The lowest BCUT2D eigenvalue weighted by molar-refractivity contribution is 0.181. The maximum Gasteiger partial charge on any atom is 0.322 e. The average Bonchev–Trinajstić information content (AvgIpc) is 2.86. The molecule has 0 aliphatic carbocycles. The summed E-state index contributed by atoms with van der Waals surface area (Å²) in [6.07, 6.45) is 1.24. The predicted octanol–water partition coefficient (Wildman–Crippen LogP) is 6.54. The minimum Gasteiger partial charge on any atom is -0.314 e. The number of carbonyl (C=O) groups is 1. The van der Waals surface area contributed by atoms with Crippen LogP contribution in [0.5, 0.6) is 0 Å². The Morgan fingerprint density at radius 3 is 2.50 bits per heavy atom. The fraction of sp³-hybridized carbons (Fsp3) is 0.276. The molecule has 7 heteroatoms. The van der Waals surface area contributed by atoms with E-state index in [9.17, 15) is 14.0 Å². The number of fused-ring (bicyclic) bond motifs is 1. The molecule has 1 heterocycles. The quantitative estimate of drug-likeness (QED) is 0.323. The second kappa shape index (κ2) is 10.7. The molecule has 4 rings (SSSR count). The first-order valence-corrected chi connectivity index (χ1v) is 12.3. The number of anilines is 1. The fourth-order valence-electron chi connectivity index (χ4n) is 4.43. The van der Waals surface area contributed by atoms with Crippen LogP contribution in [0, 0.1) is 19.7 Å². The number of urea groups is 1. The Kier molecular flexibility index (Phi) is 7.48. The average molecular weight is 487 g/mol. The van der Waals surface area contributed by atoms with Crippen molar-refractivity contribution in [2.45, 2.75) is 46.6 Å². The zero-order chi connectivity index (χ0) is 25.8. The SMILES string of the molecule is CCCN(C(=O)Nc1cccc(F)c1)C(CC)c1nc2ccccc2c(=O)n1-c1ccc(C)c(C)c1. The highest BCUT2D eigenvalue weighted by Gasteiger charge is 2.29. The molecule has 0 aliphatic rings. The van der Waals surface area contributed by atoms with Crippen LogP contribution in [-0.2, 0) is 0 Å². The summed E-state index contributed by atoms with van der Waals surface area (Å²) < 4.78 is 15.4. The number of benzene rings is 3. The van der Waals surface area contributed by atoms with E-state index in [0.29, 0.717) is 47.5 Å². The van der Waals surface area contributed by atoms with Crippen molar-refractivity contribution >= 4 is 22.6 Å². The number of halogens is 1. The van der Waals surface area contributed by atoms with Crippen LogP contribution in [0.2, 0.25) is 0 Å². The number of hydrogen-bond acceptors (Lipinski definition) is 3. The monoisotopic (exact) mass is 486 g/mol. The summed E-state index contributed by atoms with van der Waals surface area (Å²) in [7, 11) is 0. The molecule has 0 bridgehead atoms. The maximum atomic E-state index is 13.8. The molecule has 36 heavy (non-hydrogen) atoms. The largest absolute Gasteiger partial charge is 0.322 e. The van der Waals surface area contributed by atoms with Crippen molar-refractivity contribution in [2.24, 2.45) is 0 Å². The van der Waals surface area contributed by atoms with Gasteiger partial charge in [0.1, 0.15) is 11.6 Å². The first-order chi connectivity index (χ1) is 17.3. The van der Waals surface area contributed by atoms with Gasteiger partial charge in [-0.2, -0.15) is 0 Å². The molecular weight excluding hydrogens is 455 g/mol. The third kappa shape index (κ3) is 5.00. The molecule has 1 aromatic heterocycles. The molecule has 0 fully saturated rings. The van der Waals surface area contributed by atoms with E-state index in [-0.39, 0.29) is 11.6 Å². The molecule has 0 aliphatic heterocycles. The molecule has 1 N–H and O–H groups in total. The molecule has 4 aromatic rings. The highest BCUT2D eigenvalue weighted by atomic mass is 19.1. The van der Waals surface area contributed by atoms with Crippen LogP contribution in [-0.4, -0.2) is 27.0 Å². The van der Waals surface area contributed by atoms with E-state index in [1.807, 2.05) is 64.1 Å². The predicted molar refractivity (Wildman–Crippen MR) is 142 cm³/mol. The van der Waals surface area contributed by atoms with Crippen molar-refractivity contribution in [1.29, 1.82) is 0 Å². The van der Waals surface area contributed by atoms with Gasteiger partial charge < -0.3 is 10.2 Å². The Bertz CT molecular complexity index is 1460. The van der Waals surface area contributed by atoms with Crippen molar-refractivity contribution < 1.29 is 9.18 Å². The lowest BCUT2D eigenvalue weighted by Crippen LogP contribution is -2.41. The summed E-state index contributed by atoms with van der Waals surface area (Å²) in [4.78, 5) is 33.9. The summed E-state index contributed by atoms with van der Waals surface area (Å²) >= 11 is 0. The number of hydrogen-bond donors (Lipinski definition) is 1. The molecule has 0 saturated carbocycles. The molecule has 1 unspecified atom stereocenters. The highest BCUT2D eigenvalue weighted by molar-refractivity contribution is 5.89. The van der Waals surface area contributed by atoms with E-state index in [1.54, 1.807) is 27.7 Å². The number of carbonyl (C=O) groups excluding carboxylic acids is 1. The molecule has 6 nitrogen and oxygen atoms in total. The molecular formula is C29H31FN4O2. The first-order valence-electron chi connectivity index (χ1n) is 12.3. The van der Waals surface area contributed by atoms with Crippen LogP contribution in [0.3, 0.4) is 0 Å². The summed E-state index contributed by atoms with van der Waals surface area (Å²) in [5, 5.41) is 3.33. The van der Waals surface area contributed by atoms with E-state index in [2.05, 4.69) is 5.32 Å². The number of amides is 2. The lowest BCUT2D eigenvalue weighted by atomic mass is 10.1. The van der Waals surface area contributed by atoms with E-state index >= 15 is 0 Å². The third-order valence-electron chi connectivity index (χ3n) is 6.41. The number of nitrogens with zero attached hydrogens (tertiary/aromatic N) is 3. The smallest absolute Gasteiger partial charge is 0.314 e. The van der Waals surface area contributed by atoms with Gasteiger partial charge in [0.2, 0.25) is 0 Å². The highest BCUT2D eigenvalue weighted by Crippen LogP contribution is 2.27. The van der Waals surface area contributed by atoms with Gasteiger partial charge in [0.05, 0.1) is 22.6 Å². The van der Waals surface area contributed by atoms with Crippen molar-refractivity contribution in [3.8, 4) is 5.69 Å². The topological polar surface area (TPSA) is 67.2 Å². The molecule has 186 valence electrons. The Morgan fingerprint density at radius 1 is 1.03 bits per heavy atom. The summed E-state index contributed by atoms with van der Waals surface area (Å²) in [6, 6.07) is 18.1. The summed E-state index contributed by atoms with van der Waals surface area (Å²) in [6.45, 7) is 8.42. The van der Waals surface area contributed by atoms with Crippen LogP contribution >= 0.6 is 0 Å². The minimum atomic E-state index is -0.488. The van der Waals surface area contributed by atoms with Crippen molar-refractivity contribution in [1.82, 2.24) is 14.5 Å². The van der Waals surface area contributed by atoms with E-state index in [0.717, 1.165) is 11.1 Å². The standard InChI is InChI=1S/C29H31FN4O2/c1-5-16-33(29(36)31-22-11-9-10-21(30)18-22)26(6-2)27-32-25-13-8-7-12-24(25)28(35)34(27)23-15-14-19(3)20(4)17-23/h7-15,17-18,26H,5-6,16H2,1-4H3,(H,31,36). The molecule has 0 spiro atoms. The molecule has 0 saturated heterocycles. The first kappa shape index (κ1) is 25.1. The van der Waals surface area contributed by atoms with Crippen LogP contribution in [0.1, 0.15) is 49.7 Å². The van der Waals surface area contributed by atoms with Crippen LogP contribution in [0.15, 0.2) is 71.5 Å². The fourth-order valence-corrected chi connectivity index (χ4v) is 4.43. The summed E-state index contributed by atoms with van der Waals surface area (Å²) in [5.41, 5.74) is 3.65. The second-order valence-corrected chi connectivity index (χ2v) is 8.95. The van der Waals surface area contributed by atoms with Gasteiger partial charge in [0, 0.05) is 12.2 Å². The van der Waals surface area contributed by atoms with Crippen LogP contribution in [0.4, 0.5) is 14.9 Å². The van der Waals surface area contributed by atoms with Gasteiger partial charge in [-0.05, 0) is 80.3 Å². The zero-order valence-electron chi connectivity index (χ0n) is 21.1. The molecule has 3 aromatic carbocycles. The van der Waals surface area contributed by atoms with Gasteiger partial charge in [0.25, 0.3) is 5.56 Å². The lowest BCUT2D eigenvalue weighted by Gasteiger charge is -2.32. The van der Waals surface area contributed by atoms with E-state index in [4.69, 9.17) is 4.98 Å². The Labute approximate surface area is 210 Å². The molecule has 1 atom stereocenters. The third-order valence-corrected chi connectivity index (χ3v) is 6.41. The molecule has 0 radical (unpaired) electrons. The Balaban J connectivity index is 1.88. The maximum absolute atomic E-state index is 13.8. The number of para-hydroxylation sites is 1. The van der Waals surface area contributed by atoms with Crippen molar-refractivity contribution in [3.05, 3.63) is 99.9 Å². The van der Waals surface area contributed by atoms with Gasteiger partial charge in [-0.1, -0.05) is 38.1 Å². The minimum absolute atomic E-state index is 0.181. The zero-order valence-corrected chi connectivity index (χ0v) is 21.1. The van der Waals surface area contributed by atoms with E-state index < -0.39 is 11.9 Å². The van der Waals surface area contributed by atoms with Crippen molar-refractivity contribution in [3.63, 3.8) is 0 Å². The van der Waals surface area contributed by atoms with Gasteiger partial charge in [-0.15, -0.1) is 0 Å². The van der Waals surface area contributed by atoms with Crippen molar-refractivity contribution in [2.75, 3.05) is 11.9 Å². The van der Waals surface area contributed by atoms with E-state index in [1.165, 1.54) is 12.1 Å². The number of nitrogens with one attached hydrogen (secondary N) is 1. The normalized spacial score (nSPS) is 11.9. The van der Waals surface area contributed by atoms with Gasteiger partial charge in [0.15, 0.2) is 0 Å². The van der Waals surface area contributed by atoms with Gasteiger partial charge >= 0.3 is 6.03 Å². The number of aryl methyl sites for hydroxylation is 2. The Morgan fingerprint density at radius 2 is 1.81 bits per heavy atom. The van der Waals surface area contributed by atoms with Crippen LogP contribution < -0.4 is 10.9 Å². The van der Waals surface area contributed by atoms with Crippen LogP contribution in [0.25, 0.3) is 16.6 Å². The van der Waals surface area contributed by atoms with Gasteiger partial charge in [-0.3, -0.25) is 9.36 Å². The summed E-state index contributed by atoms with van der Waals surface area (Å²) in [5.74, 6) is 0.0638. The molecule has 2 amide bonds. The Hall–Kier alpha value is -4.00.